The van der Waals surface area contributed by atoms with E-state index in [-0.39, 0.29) is 5.97 Å². The Hall–Kier alpha value is -0.860. The van der Waals surface area contributed by atoms with Crippen molar-refractivity contribution >= 4 is 34.2 Å². The van der Waals surface area contributed by atoms with Crippen LogP contribution in [0.25, 0.3) is 0 Å². The van der Waals surface area contributed by atoms with Crippen molar-refractivity contribution in [2.45, 2.75) is 36.6 Å². The van der Waals surface area contributed by atoms with E-state index in [1.165, 1.54) is 0 Å². The fourth-order valence-corrected chi connectivity index (χ4v) is 3.21. The van der Waals surface area contributed by atoms with Crippen molar-refractivity contribution in [2.24, 2.45) is 5.73 Å². The van der Waals surface area contributed by atoms with Crippen LogP contribution in [-0.4, -0.2) is 48.2 Å². The maximum absolute atomic E-state index is 11.6. The number of carbonyl (C=O) groups is 1. The lowest BCUT2D eigenvalue weighted by atomic mass is 9.98. The standard InChI is InChI=1S/C12H22N4O2S2/c1-5-18-9(17)12(2,13)7-6-8-19-11-15-14-10(20-11)16(3)4/h5-8,13H2,1-4H3. The molecule has 0 amide bonds. The summed E-state index contributed by atoms with van der Waals surface area (Å²) in [5.74, 6) is 0.518. The van der Waals surface area contributed by atoms with Crippen molar-refractivity contribution in [2.75, 3.05) is 31.4 Å². The molecule has 0 radical (unpaired) electrons. The molecule has 1 atom stereocenters. The molecule has 1 unspecified atom stereocenters. The number of ether oxygens (including phenoxy) is 1. The van der Waals surface area contributed by atoms with Crippen molar-refractivity contribution in [1.29, 1.82) is 0 Å². The molecule has 114 valence electrons. The Kier molecular flexibility index (Phi) is 6.70. The maximum atomic E-state index is 11.6. The van der Waals surface area contributed by atoms with E-state index in [1.807, 2.05) is 19.0 Å². The molecule has 20 heavy (non-hydrogen) atoms. The third-order valence-corrected chi connectivity index (χ3v) is 4.90. The summed E-state index contributed by atoms with van der Waals surface area (Å²) in [5, 5.41) is 9.06. The van der Waals surface area contributed by atoms with Crippen LogP contribution < -0.4 is 10.6 Å². The summed E-state index contributed by atoms with van der Waals surface area (Å²) >= 11 is 3.19. The molecule has 1 rings (SSSR count). The predicted molar refractivity (Wildman–Crippen MR) is 83.4 cm³/mol. The molecule has 0 fully saturated rings. The van der Waals surface area contributed by atoms with Gasteiger partial charge in [0, 0.05) is 19.8 Å². The van der Waals surface area contributed by atoms with Gasteiger partial charge in [-0.1, -0.05) is 23.1 Å². The summed E-state index contributed by atoms with van der Waals surface area (Å²) in [6.45, 7) is 3.85. The molecule has 8 heteroatoms. The summed E-state index contributed by atoms with van der Waals surface area (Å²) in [6.07, 6.45) is 1.42. The van der Waals surface area contributed by atoms with Crippen LogP contribution in [0.1, 0.15) is 26.7 Å². The molecule has 1 aromatic rings. The summed E-state index contributed by atoms with van der Waals surface area (Å²) in [4.78, 5) is 13.6. The summed E-state index contributed by atoms with van der Waals surface area (Å²) in [5.41, 5.74) is 5.04. The normalized spacial score (nSPS) is 13.8. The van der Waals surface area contributed by atoms with Gasteiger partial charge in [-0.15, -0.1) is 10.2 Å². The van der Waals surface area contributed by atoms with Crippen LogP contribution in [0.15, 0.2) is 4.34 Å². The molecule has 1 heterocycles. The van der Waals surface area contributed by atoms with E-state index >= 15 is 0 Å². The molecule has 0 spiro atoms. The SMILES string of the molecule is CCOC(=O)C(C)(N)CCCSc1nnc(N(C)C)s1. The quantitative estimate of drug-likeness (QED) is 0.444. The molecular formula is C12H22N4O2S2. The van der Waals surface area contributed by atoms with Crippen LogP contribution in [0.2, 0.25) is 0 Å². The van der Waals surface area contributed by atoms with Crippen LogP contribution >= 0.6 is 23.1 Å². The first kappa shape index (κ1) is 17.2. The first-order chi connectivity index (χ1) is 9.36. The number of nitrogens with two attached hydrogens (primary N) is 1. The number of hydrogen-bond donors (Lipinski definition) is 1. The van der Waals surface area contributed by atoms with Gasteiger partial charge in [0.2, 0.25) is 5.13 Å². The van der Waals surface area contributed by atoms with Crippen molar-refractivity contribution in [3.8, 4) is 0 Å². The Labute approximate surface area is 128 Å². The number of carbonyl (C=O) groups excluding carboxylic acids is 1. The summed E-state index contributed by atoms with van der Waals surface area (Å²) in [6, 6.07) is 0. The minimum Gasteiger partial charge on any atom is -0.465 e. The van der Waals surface area contributed by atoms with Crippen LogP contribution in [0, 0.1) is 0 Å². The topological polar surface area (TPSA) is 81.3 Å². The number of aromatic nitrogens is 2. The molecule has 0 saturated heterocycles. The van der Waals surface area contributed by atoms with E-state index in [2.05, 4.69) is 10.2 Å². The number of rotatable bonds is 8. The van der Waals surface area contributed by atoms with Gasteiger partial charge in [0.15, 0.2) is 4.34 Å². The summed E-state index contributed by atoms with van der Waals surface area (Å²) in [7, 11) is 3.88. The minimum atomic E-state index is -0.910. The molecule has 0 aliphatic heterocycles. The van der Waals surface area contributed by atoms with Crippen LogP contribution in [-0.2, 0) is 9.53 Å². The third-order valence-electron chi connectivity index (χ3n) is 2.59. The Balaban J connectivity index is 2.32. The zero-order chi connectivity index (χ0) is 15.2. The fourth-order valence-electron chi connectivity index (χ4n) is 1.44. The lowest BCUT2D eigenvalue weighted by molar-refractivity contribution is -0.149. The zero-order valence-corrected chi connectivity index (χ0v) is 14.0. The second-order valence-electron chi connectivity index (χ2n) is 4.83. The van der Waals surface area contributed by atoms with Crippen LogP contribution in [0.4, 0.5) is 5.13 Å². The smallest absolute Gasteiger partial charge is 0.325 e. The highest BCUT2D eigenvalue weighted by Crippen LogP contribution is 2.28. The van der Waals surface area contributed by atoms with Crippen LogP contribution in [0.3, 0.4) is 0 Å². The van der Waals surface area contributed by atoms with Gasteiger partial charge < -0.3 is 15.4 Å². The molecule has 0 aliphatic carbocycles. The Bertz CT molecular complexity index is 435. The van der Waals surface area contributed by atoms with Crippen molar-refractivity contribution in [3.63, 3.8) is 0 Å². The number of anilines is 1. The molecule has 0 aliphatic rings. The van der Waals surface area contributed by atoms with Gasteiger partial charge in [0.05, 0.1) is 6.61 Å². The lowest BCUT2D eigenvalue weighted by Gasteiger charge is -2.21. The zero-order valence-electron chi connectivity index (χ0n) is 12.4. The molecule has 2 N–H and O–H groups in total. The van der Waals surface area contributed by atoms with Crippen molar-refractivity contribution in [1.82, 2.24) is 10.2 Å². The van der Waals surface area contributed by atoms with E-state index in [0.29, 0.717) is 13.0 Å². The van der Waals surface area contributed by atoms with Crippen molar-refractivity contribution < 1.29 is 9.53 Å². The first-order valence-corrected chi connectivity index (χ1v) is 8.26. The maximum Gasteiger partial charge on any atom is 0.325 e. The molecule has 1 aromatic heterocycles. The molecule has 0 bridgehead atoms. The highest BCUT2D eigenvalue weighted by molar-refractivity contribution is 8.01. The molecule has 0 saturated carbocycles. The number of nitrogens with zero attached hydrogens (tertiary/aromatic N) is 3. The van der Waals surface area contributed by atoms with Gasteiger partial charge in [0.1, 0.15) is 5.54 Å². The average molecular weight is 318 g/mol. The van der Waals surface area contributed by atoms with Gasteiger partial charge in [-0.3, -0.25) is 4.79 Å². The van der Waals surface area contributed by atoms with E-state index in [1.54, 1.807) is 36.9 Å². The Morgan fingerprint density at radius 1 is 1.50 bits per heavy atom. The molecule has 0 aromatic carbocycles. The van der Waals surface area contributed by atoms with Gasteiger partial charge in [-0.2, -0.15) is 0 Å². The number of esters is 1. The van der Waals surface area contributed by atoms with Gasteiger partial charge in [-0.25, -0.2) is 0 Å². The van der Waals surface area contributed by atoms with E-state index in [4.69, 9.17) is 10.5 Å². The first-order valence-electron chi connectivity index (χ1n) is 6.46. The number of hydrogen-bond acceptors (Lipinski definition) is 8. The highest BCUT2D eigenvalue weighted by atomic mass is 32.2. The molecule has 6 nitrogen and oxygen atoms in total. The Morgan fingerprint density at radius 3 is 2.75 bits per heavy atom. The number of thioether (sulfide) groups is 1. The van der Waals surface area contributed by atoms with Gasteiger partial charge in [0.25, 0.3) is 0 Å². The second kappa shape index (κ2) is 7.80. The van der Waals surface area contributed by atoms with Gasteiger partial charge >= 0.3 is 5.97 Å². The van der Waals surface area contributed by atoms with Gasteiger partial charge in [-0.05, 0) is 26.7 Å². The fraction of sp³-hybridized carbons (Fsp3) is 0.750. The second-order valence-corrected chi connectivity index (χ2v) is 7.13. The Morgan fingerprint density at radius 2 is 2.20 bits per heavy atom. The van der Waals surface area contributed by atoms with Crippen molar-refractivity contribution in [3.05, 3.63) is 0 Å². The summed E-state index contributed by atoms with van der Waals surface area (Å²) < 4.78 is 5.89. The largest absolute Gasteiger partial charge is 0.465 e. The van der Waals surface area contributed by atoms with E-state index in [0.717, 1.165) is 21.6 Å². The van der Waals surface area contributed by atoms with Crippen LogP contribution in [0.5, 0.6) is 0 Å². The molecular weight excluding hydrogens is 296 g/mol. The highest BCUT2D eigenvalue weighted by Gasteiger charge is 2.29. The van der Waals surface area contributed by atoms with E-state index in [9.17, 15) is 4.79 Å². The lowest BCUT2D eigenvalue weighted by Crippen LogP contribution is -2.46. The third kappa shape index (κ3) is 5.26. The predicted octanol–water partition coefficient (Wildman–Crippen LogP) is 1.76. The monoisotopic (exact) mass is 318 g/mol. The van der Waals surface area contributed by atoms with E-state index < -0.39 is 5.54 Å². The average Bonchev–Trinajstić information content (AvgIpc) is 2.84. The minimum absolute atomic E-state index is 0.337.